The summed E-state index contributed by atoms with van der Waals surface area (Å²) in [7, 11) is -1.38. The van der Waals surface area contributed by atoms with Crippen LogP contribution in [0.15, 0.2) is 40.8 Å². The average molecular weight is 405 g/mol. The van der Waals surface area contributed by atoms with Crippen molar-refractivity contribution in [1.82, 2.24) is 0 Å². The number of fused-ring (bicyclic) bond motifs is 3. The van der Waals surface area contributed by atoms with Crippen LogP contribution in [0.4, 0.5) is 5.69 Å². The van der Waals surface area contributed by atoms with Crippen LogP contribution in [0.2, 0.25) is 0 Å². The molecular formula is C19H19NO5S2. The standard InChI is InChI=1S/C19H19NO5S2/c1-24-18-8-14-13-4-2-3-5-16(13)25-17(14)9-15(18)20-19(21)10-26-12-6-7-27(22,23)11-12/h2-5,8-9,12H,6-7,10-11H2,1H3,(H,20,21)/t12-/m0/s1. The zero-order valence-electron chi connectivity index (χ0n) is 14.7. The van der Waals surface area contributed by atoms with Gasteiger partial charge in [-0.25, -0.2) is 8.42 Å². The first-order chi connectivity index (χ1) is 12.9. The van der Waals surface area contributed by atoms with Crippen molar-refractivity contribution in [3.05, 3.63) is 36.4 Å². The summed E-state index contributed by atoms with van der Waals surface area (Å²) in [6.07, 6.45) is 0.606. The molecule has 3 aromatic rings. The van der Waals surface area contributed by atoms with Gasteiger partial charge in [0.2, 0.25) is 5.91 Å². The van der Waals surface area contributed by atoms with Crippen molar-refractivity contribution < 1.29 is 22.4 Å². The molecule has 0 unspecified atom stereocenters. The second kappa shape index (κ2) is 7.09. The van der Waals surface area contributed by atoms with Gasteiger partial charge in [0.1, 0.15) is 16.9 Å². The smallest absolute Gasteiger partial charge is 0.234 e. The molecule has 0 radical (unpaired) electrons. The number of sulfone groups is 1. The van der Waals surface area contributed by atoms with Crippen LogP contribution < -0.4 is 10.1 Å². The largest absolute Gasteiger partial charge is 0.495 e. The fraction of sp³-hybridized carbons (Fsp3) is 0.316. The Bertz CT molecular complexity index is 1120. The van der Waals surface area contributed by atoms with E-state index in [-0.39, 0.29) is 28.4 Å². The Labute approximate surface area is 161 Å². The summed E-state index contributed by atoms with van der Waals surface area (Å²) >= 11 is 1.38. The van der Waals surface area contributed by atoms with Gasteiger partial charge in [0.05, 0.1) is 30.1 Å². The predicted octanol–water partition coefficient (Wildman–Crippen LogP) is 3.45. The van der Waals surface area contributed by atoms with E-state index in [1.807, 2.05) is 30.3 Å². The quantitative estimate of drug-likeness (QED) is 0.700. The van der Waals surface area contributed by atoms with Gasteiger partial charge in [-0.05, 0) is 18.6 Å². The van der Waals surface area contributed by atoms with Gasteiger partial charge in [-0.1, -0.05) is 18.2 Å². The number of benzene rings is 2. The van der Waals surface area contributed by atoms with Crippen LogP contribution in [-0.4, -0.2) is 43.9 Å². The molecule has 1 atom stereocenters. The van der Waals surface area contributed by atoms with Crippen LogP contribution in [0.5, 0.6) is 5.75 Å². The molecule has 27 heavy (non-hydrogen) atoms. The van der Waals surface area contributed by atoms with E-state index < -0.39 is 9.84 Å². The third-order valence-electron chi connectivity index (χ3n) is 4.61. The average Bonchev–Trinajstić information content (AvgIpc) is 3.18. The van der Waals surface area contributed by atoms with Crippen LogP contribution in [0, 0.1) is 0 Å². The number of nitrogens with one attached hydrogen (secondary N) is 1. The van der Waals surface area contributed by atoms with Crippen molar-refractivity contribution in [3.63, 3.8) is 0 Å². The zero-order valence-corrected chi connectivity index (χ0v) is 16.4. The van der Waals surface area contributed by atoms with Crippen molar-refractivity contribution in [2.75, 3.05) is 29.7 Å². The van der Waals surface area contributed by atoms with Gasteiger partial charge in [-0.3, -0.25) is 4.79 Å². The first-order valence-electron chi connectivity index (χ1n) is 8.56. The number of rotatable bonds is 5. The molecule has 2 aromatic carbocycles. The Morgan fingerprint density at radius 2 is 2.07 bits per heavy atom. The van der Waals surface area contributed by atoms with Gasteiger partial charge < -0.3 is 14.5 Å². The Hall–Kier alpha value is -2.19. The highest BCUT2D eigenvalue weighted by Crippen LogP contribution is 2.36. The van der Waals surface area contributed by atoms with E-state index in [0.717, 1.165) is 16.4 Å². The van der Waals surface area contributed by atoms with Gasteiger partial charge in [0.15, 0.2) is 9.84 Å². The molecule has 1 amide bonds. The SMILES string of the molecule is COc1cc2c(cc1NC(=O)CS[C@H]1CCS(=O)(=O)C1)oc1ccccc12. The molecule has 0 aliphatic carbocycles. The summed E-state index contributed by atoms with van der Waals surface area (Å²) in [4.78, 5) is 12.3. The van der Waals surface area contributed by atoms with Gasteiger partial charge in [0.25, 0.3) is 0 Å². The molecule has 4 rings (SSSR count). The first-order valence-corrected chi connectivity index (χ1v) is 11.4. The number of carbonyl (C=O) groups excluding carboxylic acids is 1. The van der Waals surface area contributed by atoms with Crippen LogP contribution >= 0.6 is 11.8 Å². The number of carbonyl (C=O) groups is 1. The lowest BCUT2D eigenvalue weighted by molar-refractivity contribution is -0.113. The molecule has 6 nitrogen and oxygen atoms in total. The maximum absolute atomic E-state index is 12.3. The van der Waals surface area contributed by atoms with Crippen LogP contribution in [0.3, 0.4) is 0 Å². The maximum atomic E-state index is 12.3. The molecular weight excluding hydrogens is 386 g/mol. The molecule has 8 heteroatoms. The van der Waals surface area contributed by atoms with E-state index in [1.165, 1.54) is 11.8 Å². The van der Waals surface area contributed by atoms with Crippen LogP contribution in [-0.2, 0) is 14.6 Å². The molecule has 1 aliphatic rings. The van der Waals surface area contributed by atoms with E-state index in [9.17, 15) is 13.2 Å². The van der Waals surface area contributed by atoms with Gasteiger partial charge >= 0.3 is 0 Å². The molecule has 2 heterocycles. The summed E-state index contributed by atoms with van der Waals surface area (Å²) in [6.45, 7) is 0. The van der Waals surface area contributed by atoms with Crippen LogP contribution in [0.1, 0.15) is 6.42 Å². The molecule has 142 valence electrons. The number of hydrogen-bond donors (Lipinski definition) is 1. The van der Waals surface area contributed by atoms with Gasteiger partial charge in [0, 0.05) is 22.1 Å². The van der Waals surface area contributed by atoms with E-state index >= 15 is 0 Å². The predicted molar refractivity (Wildman–Crippen MR) is 108 cm³/mol. The highest BCUT2D eigenvalue weighted by molar-refractivity contribution is 8.02. The third kappa shape index (κ3) is 3.77. The lowest BCUT2D eigenvalue weighted by atomic mass is 10.1. The summed E-state index contributed by atoms with van der Waals surface area (Å²) < 4.78 is 34.3. The fourth-order valence-electron chi connectivity index (χ4n) is 3.29. The Balaban J connectivity index is 1.52. The van der Waals surface area contributed by atoms with Crippen molar-refractivity contribution in [2.24, 2.45) is 0 Å². The second-order valence-corrected chi connectivity index (χ2v) is 10.0. The first kappa shape index (κ1) is 18.2. The number of amides is 1. The van der Waals surface area contributed by atoms with Crippen molar-refractivity contribution >= 4 is 55.1 Å². The summed E-state index contributed by atoms with van der Waals surface area (Å²) in [5.74, 6) is 0.915. The summed E-state index contributed by atoms with van der Waals surface area (Å²) in [5.41, 5.74) is 1.98. The molecule has 0 spiro atoms. The molecule has 1 saturated heterocycles. The summed E-state index contributed by atoms with van der Waals surface area (Å²) in [6, 6.07) is 11.3. The molecule has 1 aliphatic heterocycles. The monoisotopic (exact) mass is 405 g/mol. The molecule has 1 N–H and O–H groups in total. The number of furan rings is 1. The Kier molecular flexibility index (Phi) is 4.77. The van der Waals surface area contributed by atoms with E-state index in [4.69, 9.17) is 9.15 Å². The normalized spacial score (nSPS) is 18.8. The van der Waals surface area contributed by atoms with E-state index in [1.54, 1.807) is 13.2 Å². The summed E-state index contributed by atoms with van der Waals surface area (Å²) in [5, 5.41) is 4.74. The molecule has 1 fully saturated rings. The Morgan fingerprint density at radius 1 is 1.26 bits per heavy atom. The topological polar surface area (TPSA) is 85.6 Å². The number of para-hydroxylation sites is 1. The lowest BCUT2D eigenvalue weighted by Gasteiger charge is -2.11. The number of ether oxygens (including phenoxy) is 1. The van der Waals surface area contributed by atoms with Crippen LogP contribution in [0.25, 0.3) is 21.9 Å². The van der Waals surface area contributed by atoms with Gasteiger partial charge in [-0.2, -0.15) is 0 Å². The molecule has 0 bridgehead atoms. The highest BCUT2D eigenvalue weighted by atomic mass is 32.2. The minimum atomic E-state index is -2.94. The number of anilines is 1. The molecule has 0 saturated carbocycles. The van der Waals surface area contributed by atoms with Crippen molar-refractivity contribution in [1.29, 1.82) is 0 Å². The fourth-order valence-corrected chi connectivity index (χ4v) is 6.73. The minimum Gasteiger partial charge on any atom is -0.495 e. The van der Waals surface area contributed by atoms with Crippen molar-refractivity contribution in [2.45, 2.75) is 11.7 Å². The zero-order chi connectivity index (χ0) is 19.0. The third-order valence-corrected chi connectivity index (χ3v) is 7.90. The number of hydrogen-bond acceptors (Lipinski definition) is 6. The second-order valence-electron chi connectivity index (χ2n) is 6.53. The highest BCUT2D eigenvalue weighted by Gasteiger charge is 2.28. The Morgan fingerprint density at radius 3 is 2.81 bits per heavy atom. The maximum Gasteiger partial charge on any atom is 0.234 e. The van der Waals surface area contributed by atoms with E-state index in [0.29, 0.717) is 23.4 Å². The number of methoxy groups -OCH3 is 1. The number of thioether (sulfide) groups is 1. The lowest BCUT2D eigenvalue weighted by Crippen LogP contribution is -2.17. The van der Waals surface area contributed by atoms with E-state index in [2.05, 4.69) is 5.32 Å². The van der Waals surface area contributed by atoms with Crippen molar-refractivity contribution in [3.8, 4) is 5.75 Å². The minimum absolute atomic E-state index is 0.0134. The molecule has 1 aromatic heterocycles. The van der Waals surface area contributed by atoms with Gasteiger partial charge in [-0.15, -0.1) is 11.8 Å².